The maximum absolute atomic E-state index is 12.5. The van der Waals surface area contributed by atoms with Crippen molar-refractivity contribution in [3.8, 4) is 0 Å². The normalized spacial score (nSPS) is 32.1. The van der Waals surface area contributed by atoms with Crippen LogP contribution in [0.3, 0.4) is 0 Å². The molecule has 2 fully saturated rings. The van der Waals surface area contributed by atoms with Crippen LogP contribution in [0.5, 0.6) is 0 Å². The highest BCUT2D eigenvalue weighted by Crippen LogP contribution is 2.39. The van der Waals surface area contributed by atoms with E-state index in [2.05, 4.69) is 20.6 Å². The van der Waals surface area contributed by atoms with E-state index in [1.54, 1.807) is 6.20 Å². The Morgan fingerprint density at radius 2 is 2.22 bits per heavy atom. The Morgan fingerprint density at radius 1 is 1.39 bits per heavy atom. The van der Waals surface area contributed by atoms with Crippen LogP contribution < -0.4 is 0 Å². The maximum Gasteiger partial charge on any atom is 0.275 e. The first-order valence-electron chi connectivity index (χ1n) is 6.86. The standard InChI is InChI=1S/C13H19N3OS/c1-9-6-7-16(12-5-3-2-4-10(9)12)13(17)11-8-14-18-15-11/h8-10,12H,2-7H2,1H3/t9-,10+,12+/m1/s1. The summed E-state index contributed by atoms with van der Waals surface area (Å²) in [7, 11) is 0. The number of nitrogens with zero attached hydrogens (tertiary/aromatic N) is 3. The minimum Gasteiger partial charge on any atom is -0.334 e. The number of carbonyl (C=O) groups excluding carboxylic acids is 1. The number of piperidine rings is 1. The Bertz CT molecular complexity index is 420. The van der Waals surface area contributed by atoms with Crippen molar-refractivity contribution < 1.29 is 4.79 Å². The van der Waals surface area contributed by atoms with Gasteiger partial charge in [-0.2, -0.15) is 8.75 Å². The van der Waals surface area contributed by atoms with Crippen LogP contribution in [0, 0.1) is 11.8 Å². The van der Waals surface area contributed by atoms with Crippen LogP contribution in [0.4, 0.5) is 0 Å². The molecule has 1 aromatic heterocycles. The second-order valence-corrected chi connectivity index (χ2v) is 6.13. The summed E-state index contributed by atoms with van der Waals surface area (Å²) in [4.78, 5) is 14.5. The molecular weight excluding hydrogens is 246 g/mol. The number of aromatic nitrogens is 2. The van der Waals surface area contributed by atoms with Gasteiger partial charge in [0.25, 0.3) is 5.91 Å². The van der Waals surface area contributed by atoms with Crippen molar-refractivity contribution in [1.82, 2.24) is 13.6 Å². The fraction of sp³-hybridized carbons (Fsp3) is 0.769. The highest BCUT2D eigenvalue weighted by Gasteiger charge is 2.39. The lowest BCUT2D eigenvalue weighted by atomic mass is 9.72. The molecular formula is C13H19N3OS. The second kappa shape index (κ2) is 4.96. The molecule has 4 nitrogen and oxygen atoms in total. The molecule has 3 atom stereocenters. The van der Waals surface area contributed by atoms with Crippen molar-refractivity contribution in [2.24, 2.45) is 11.8 Å². The van der Waals surface area contributed by atoms with Crippen molar-refractivity contribution >= 4 is 17.6 Å². The molecule has 1 amide bonds. The van der Waals surface area contributed by atoms with Crippen LogP contribution in [-0.2, 0) is 0 Å². The van der Waals surface area contributed by atoms with E-state index in [0.717, 1.165) is 37.0 Å². The SMILES string of the molecule is C[C@@H]1CCN(C(=O)c2cnsn2)[C@H]2CCCC[C@@H]12. The van der Waals surface area contributed by atoms with Crippen LogP contribution in [-0.4, -0.2) is 32.1 Å². The highest BCUT2D eigenvalue weighted by atomic mass is 32.1. The summed E-state index contributed by atoms with van der Waals surface area (Å²) < 4.78 is 8.03. The van der Waals surface area contributed by atoms with E-state index in [1.165, 1.54) is 19.3 Å². The van der Waals surface area contributed by atoms with Crippen LogP contribution in [0.15, 0.2) is 6.20 Å². The first kappa shape index (κ1) is 12.1. The molecule has 0 spiro atoms. The Morgan fingerprint density at radius 3 is 3.00 bits per heavy atom. The lowest BCUT2D eigenvalue weighted by molar-refractivity contribution is 0.0214. The monoisotopic (exact) mass is 265 g/mol. The smallest absolute Gasteiger partial charge is 0.275 e. The zero-order chi connectivity index (χ0) is 12.5. The third kappa shape index (κ3) is 2.05. The molecule has 1 saturated carbocycles. The van der Waals surface area contributed by atoms with Gasteiger partial charge in [0, 0.05) is 12.6 Å². The van der Waals surface area contributed by atoms with E-state index >= 15 is 0 Å². The quantitative estimate of drug-likeness (QED) is 0.784. The third-order valence-corrected chi connectivity index (χ3v) is 5.06. The minimum atomic E-state index is 0.0903. The topological polar surface area (TPSA) is 46.1 Å². The van der Waals surface area contributed by atoms with Crippen LogP contribution in [0.25, 0.3) is 0 Å². The predicted octanol–water partition coefficient (Wildman–Crippen LogP) is 2.58. The molecule has 1 aromatic rings. The maximum atomic E-state index is 12.5. The zero-order valence-electron chi connectivity index (χ0n) is 10.7. The van der Waals surface area contributed by atoms with Crippen molar-refractivity contribution in [3.05, 3.63) is 11.9 Å². The molecule has 0 radical (unpaired) electrons. The number of fused-ring (bicyclic) bond motifs is 1. The number of carbonyl (C=O) groups is 1. The van der Waals surface area contributed by atoms with E-state index in [-0.39, 0.29) is 5.91 Å². The van der Waals surface area contributed by atoms with Gasteiger partial charge < -0.3 is 4.90 Å². The number of hydrogen-bond acceptors (Lipinski definition) is 4. The van der Waals surface area contributed by atoms with Crippen LogP contribution in [0.2, 0.25) is 0 Å². The molecule has 1 aliphatic carbocycles. The summed E-state index contributed by atoms with van der Waals surface area (Å²) in [5.41, 5.74) is 0.527. The average Bonchev–Trinajstić information content (AvgIpc) is 2.93. The predicted molar refractivity (Wildman–Crippen MR) is 70.5 cm³/mol. The van der Waals surface area contributed by atoms with Crippen molar-refractivity contribution in [3.63, 3.8) is 0 Å². The number of likely N-dealkylation sites (tertiary alicyclic amines) is 1. The lowest BCUT2D eigenvalue weighted by Gasteiger charge is -2.47. The van der Waals surface area contributed by atoms with Crippen molar-refractivity contribution in [2.75, 3.05) is 6.54 Å². The first-order chi connectivity index (χ1) is 8.77. The lowest BCUT2D eigenvalue weighted by Crippen LogP contribution is -2.52. The van der Waals surface area contributed by atoms with Gasteiger partial charge in [-0.3, -0.25) is 4.79 Å². The van der Waals surface area contributed by atoms with Gasteiger partial charge >= 0.3 is 0 Å². The number of hydrogen-bond donors (Lipinski definition) is 0. The summed E-state index contributed by atoms with van der Waals surface area (Å²) in [6.07, 6.45) is 7.76. The van der Waals surface area contributed by atoms with Crippen molar-refractivity contribution in [2.45, 2.75) is 45.1 Å². The van der Waals surface area contributed by atoms with E-state index < -0.39 is 0 Å². The van der Waals surface area contributed by atoms with Gasteiger partial charge in [-0.1, -0.05) is 19.8 Å². The molecule has 18 heavy (non-hydrogen) atoms. The van der Waals surface area contributed by atoms with E-state index in [4.69, 9.17) is 0 Å². The molecule has 98 valence electrons. The van der Waals surface area contributed by atoms with Gasteiger partial charge in [0.15, 0.2) is 5.69 Å². The van der Waals surface area contributed by atoms with Gasteiger partial charge in [-0.05, 0) is 31.1 Å². The zero-order valence-corrected chi connectivity index (χ0v) is 11.5. The Balaban J connectivity index is 1.81. The van der Waals surface area contributed by atoms with Gasteiger partial charge in [-0.25, -0.2) is 0 Å². The van der Waals surface area contributed by atoms with Gasteiger partial charge in [0.05, 0.1) is 17.9 Å². The van der Waals surface area contributed by atoms with Gasteiger partial charge in [-0.15, -0.1) is 0 Å². The molecule has 0 unspecified atom stereocenters. The molecule has 0 N–H and O–H groups in total. The molecule has 5 heteroatoms. The number of amides is 1. The Kier molecular flexibility index (Phi) is 3.33. The highest BCUT2D eigenvalue weighted by molar-refractivity contribution is 6.99. The number of rotatable bonds is 1. The fourth-order valence-corrected chi connectivity index (χ4v) is 3.98. The van der Waals surface area contributed by atoms with Gasteiger partial charge in [0.2, 0.25) is 0 Å². The summed E-state index contributed by atoms with van der Waals surface area (Å²) >= 11 is 1.11. The largest absolute Gasteiger partial charge is 0.334 e. The summed E-state index contributed by atoms with van der Waals surface area (Å²) in [5, 5.41) is 0. The van der Waals surface area contributed by atoms with E-state index in [0.29, 0.717) is 17.7 Å². The minimum absolute atomic E-state index is 0.0903. The fourth-order valence-electron chi connectivity index (χ4n) is 3.57. The molecule has 0 bridgehead atoms. The summed E-state index contributed by atoms with van der Waals surface area (Å²) in [6, 6.07) is 0.441. The molecule has 1 saturated heterocycles. The molecule has 1 aliphatic heterocycles. The summed E-state index contributed by atoms with van der Waals surface area (Å²) in [5.74, 6) is 1.54. The van der Waals surface area contributed by atoms with Crippen LogP contribution in [0.1, 0.15) is 49.5 Å². The Hall–Kier alpha value is -0.970. The first-order valence-corrected chi connectivity index (χ1v) is 7.59. The third-order valence-electron chi connectivity index (χ3n) is 4.58. The average molecular weight is 265 g/mol. The van der Waals surface area contributed by atoms with Crippen molar-refractivity contribution in [1.29, 1.82) is 0 Å². The Labute approximate surface area is 112 Å². The molecule has 2 heterocycles. The van der Waals surface area contributed by atoms with E-state index in [1.807, 2.05) is 0 Å². The molecule has 3 rings (SSSR count). The molecule has 0 aromatic carbocycles. The van der Waals surface area contributed by atoms with Crippen LogP contribution >= 0.6 is 11.7 Å². The molecule has 2 aliphatic rings. The second-order valence-electron chi connectivity index (χ2n) is 5.57. The summed E-state index contributed by atoms with van der Waals surface area (Å²) in [6.45, 7) is 3.23. The van der Waals surface area contributed by atoms with E-state index in [9.17, 15) is 4.79 Å². The van der Waals surface area contributed by atoms with Gasteiger partial charge in [0.1, 0.15) is 0 Å².